The second-order valence-corrected chi connectivity index (χ2v) is 9.21. The van der Waals surface area contributed by atoms with Gasteiger partial charge in [0.2, 0.25) is 0 Å². The zero-order chi connectivity index (χ0) is 25.9. The van der Waals surface area contributed by atoms with Gasteiger partial charge in [-0.3, -0.25) is 0 Å². The minimum Gasteiger partial charge on any atom is -0.342 e. The predicted octanol–water partition coefficient (Wildman–Crippen LogP) is 7.42. The molecule has 0 bridgehead atoms. The van der Waals surface area contributed by atoms with Gasteiger partial charge in [-0.1, -0.05) is 36.4 Å². The smallest absolute Gasteiger partial charge is 0.342 e. The minimum atomic E-state index is -4.32. The van der Waals surface area contributed by atoms with Crippen molar-refractivity contribution in [2.75, 3.05) is 0 Å². The molecule has 3 heterocycles. The Balaban J connectivity index is 1.21. The fourth-order valence-corrected chi connectivity index (χ4v) is 4.73. The number of imidazole rings is 3. The van der Waals surface area contributed by atoms with Crippen LogP contribution in [0.4, 0.5) is 13.2 Å². The van der Waals surface area contributed by atoms with Gasteiger partial charge in [0.05, 0.1) is 33.1 Å². The summed E-state index contributed by atoms with van der Waals surface area (Å²) in [6, 6.07) is 27.5. The van der Waals surface area contributed by atoms with Gasteiger partial charge in [0, 0.05) is 11.1 Å². The van der Waals surface area contributed by atoms with Crippen LogP contribution >= 0.6 is 0 Å². The minimum absolute atomic E-state index is 0.111. The average Bonchev–Trinajstić information content (AvgIpc) is 3.62. The molecule has 4 aromatic carbocycles. The summed E-state index contributed by atoms with van der Waals surface area (Å²) in [6.07, 6.45) is -5.42. The van der Waals surface area contributed by atoms with Crippen LogP contribution in [0.5, 0.6) is 0 Å². The molecular formula is C29H19F3N6. The summed E-state index contributed by atoms with van der Waals surface area (Å²) in [5, 5.41) is 0. The highest BCUT2D eigenvalue weighted by Gasteiger charge is 2.29. The molecule has 0 spiro atoms. The Hall–Kier alpha value is -4.92. The molecule has 3 N–H and O–H groups in total. The van der Waals surface area contributed by atoms with Gasteiger partial charge in [-0.25, -0.2) is 15.0 Å². The number of fused-ring (bicyclic) bond motifs is 3. The van der Waals surface area contributed by atoms with E-state index < -0.39 is 12.6 Å². The van der Waals surface area contributed by atoms with E-state index in [2.05, 4.69) is 49.2 Å². The monoisotopic (exact) mass is 508 g/mol. The average molecular weight is 509 g/mol. The molecule has 0 saturated carbocycles. The molecule has 0 aliphatic heterocycles. The summed E-state index contributed by atoms with van der Waals surface area (Å²) < 4.78 is 38.3. The number of aromatic amines is 3. The fraction of sp³-hybridized carbons (Fsp3) is 0.0690. The molecule has 3 aromatic heterocycles. The van der Waals surface area contributed by atoms with Crippen LogP contribution in [0.1, 0.15) is 5.82 Å². The van der Waals surface area contributed by atoms with Crippen LogP contribution in [0.3, 0.4) is 0 Å². The van der Waals surface area contributed by atoms with E-state index in [1.807, 2.05) is 42.5 Å². The van der Waals surface area contributed by atoms with Crippen molar-refractivity contribution in [3.63, 3.8) is 0 Å². The molecule has 0 aliphatic rings. The lowest BCUT2D eigenvalue weighted by molar-refractivity contribution is -0.128. The topological polar surface area (TPSA) is 86.0 Å². The Morgan fingerprint density at radius 1 is 0.526 bits per heavy atom. The van der Waals surface area contributed by atoms with Crippen molar-refractivity contribution in [2.24, 2.45) is 0 Å². The zero-order valence-corrected chi connectivity index (χ0v) is 19.8. The van der Waals surface area contributed by atoms with Crippen molar-refractivity contribution in [1.82, 2.24) is 29.9 Å². The maximum atomic E-state index is 12.8. The molecule has 0 amide bonds. The van der Waals surface area contributed by atoms with Crippen LogP contribution in [0, 0.1) is 0 Å². The molecule has 0 saturated heterocycles. The van der Waals surface area contributed by atoms with E-state index in [1.54, 1.807) is 18.2 Å². The van der Waals surface area contributed by atoms with Gasteiger partial charge in [-0.05, 0) is 59.7 Å². The van der Waals surface area contributed by atoms with E-state index in [4.69, 9.17) is 4.98 Å². The van der Waals surface area contributed by atoms with Gasteiger partial charge in [0.1, 0.15) is 23.9 Å². The van der Waals surface area contributed by atoms with Gasteiger partial charge in [0.25, 0.3) is 0 Å². The van der Waals surface area contributed by atoms with Crippen molar-refractivity contribution >= 4 is 33.1 Å². The summed E-state index contributed by atoms with van der Waals surface area (Å²) in [4.78, 5) is 23.0. The Labute approximate surface area is 213 Å². The van der Waals surface area contributed by atoms with Crippen LogP contribution in [0.2, 0.25) is 0 Å². The van der Waals surface area contributed by atoms with Gasteiger partial charge in [-0.15, -0.1) is 0 Å². The number of benzene rings is 4. The standard InChI is InChI=1S/C29H19F3N6/c30-29(31,32)15-26-33-20-10-7-18(13-23(20)34-26)27-36-22-11-8-19(14-25(22)38-27)28-35-21-9-6-17(12-24(21)37-28)16-4-2-1-3-5-16/h1-14H,15H2,(H,33,34)(H,35,37)(H,36,38). The number of H-pyrrole nitrogens is 3. The maximum absolute atomic E-state index is 12.8. The first kappa shape index (κ1) is 22.3. The second-order valence-electron chi connectivity index (χ2n) is 9.21. The number of hydrogen-bond donors (Lipinski definition) is 3. The van der Waals surface area contributed by atoms with Crippen LogP contribution < -0.4 is 0 Å². The first-order chi connectivity index (χ1) is 18.4. The SMILES string of the molecule is FC(F)(F)Cc1nc2ccc(-c3nc4ccc(-c5nc6ccc(-c7ccccc7)cc6[nH]5)cc4[nH]3)cc2[nH]1. The molecule has 7 rings (SSSR count). The van der Waals surface area contributed by atoms with Crippen molar-refractivity contribution < 1.29 is 13.2 Å². The van der Waals surface area contributed by atoms with Crippen LogP contribution in [-0.2, 0) is 6.42 Å². The second kappa shape index (κ2) is 8.31. The Morgan fingerprint density at radius 2 is 1.03 bits per heavy atom. The van der Waals surface area contributed by atoms with Gasteiger partial charge in [-0.2, -0.15) is 13.2 Å². The highest BCUT2D eigenvalue weighted by Crippen LogP contribution is 2.30. The van der Waals surface area contributed by atoms with Crippen molar-refractivity contribution in [3.8, 4) is 33.9 Å². The number of aromatic nitrogens is 6. The summed E-state index contributed by atoms with van der Waals surface area (Å²) in [5.74, 6) is 1.25. The van der Waals surface area contributed by atoms with Crippen LogP contribution in [0.25, 0.3) is 67.0 Å². The molecule has 9 heteroatoms. The fourth-order valence-electron chi connectivity index (χ4n) is 4.73. The number of hydrogen-bond acceptors (Lipinski definition) is 3. The molecule has 0 fully saturated rings. The van der Waals surface area contributed by atoms with E-state index in [0.29, 0.717) is 16.9 Å². The van der Waals surface area contributed by atoms with Crippen LogP contribution in [-0.4, -0.2) is 36.1 Å². The summed E-state index contributed by atoms with van der Waals surface area (Å²) in [7, 11) is 0. The van der Waals surface area contributed by atoms with Gasteiger partial charge in [0.15, 0.2) is 0 Å². The molecule has 6 nitrogen and oxygen atoms in total. The number of nitrogens with one attached hydrogen (secondary N) is 3. The molecule has 38 heavy (non-hydrogen) atoms. The van der Waals surface area contributed by atoms with E-state index >= 15 is 0 Å². The number of alkyl halides is 3. The summed E-state index contributed by atoms with van der Waals surface area (Å²) in [5.41, 5.74) is 8.34. The van der Waals surface area contributed by atoms with E-state index in [1.165, 1.54) is 0 Å². The molecular weight excluding hydrogens is 489 g/mol. The third-order valence-corrected chi connectivity index (χ3v) is 6.52. The highest BCUT2D eigenvalue weighted by atomic mass is 19.4. The molecule has 7 aromatic rings. The molecule has 0 radical (unpaired) electrons. The third-order valence-electron chi connectivity index (χ3n) is 6.52. The summed E-state index contributed by atoms with van der Waals surface area (Å²) >= 11 is 0. The zero-order valence-electron chi connectivity index (χ0n) is 19.8. The normalized spacial score (nSPS) is 12.2. The number of nitrogens with zero attached hydrogens (tertiary/aromatic N) is 3. The highest BCUT2D eigenvalue weighted by molar-refractivity contribution is 5.88. The predicted molar refractivity (Wildman–Crippen MR) is 141 cm³/mol. The third kappa shape index (κ3) is 4.07. The Morgan fingerprint density at radius 3 is 1.61 bits per heavy atom. The summed E-state index contributed by atoms with van der Waals surface area (Å²) in [6.45, 7) is 0. The largest absolute Gasteiger partial charge is 0.396 e. The van der Waals surface area contributed by atoms with Gasteiger partial charge >= 0.3 is 6.18 Å². The molecule has 0 unspecified atom stereocenters. The number of halogens is 3. The van der Waals surface area contributed by atoms with Crippen LogP contribution in [0.15, 0.2) is 84.9 Å². The lowest BCUT2D eigenvalue weighted by Gasteiger charge is -2.01. The van der Waals surface area contributed by atoms with E-state index in [9.17, 15) is 13.2 Å². The molecule has 0 atom stereocenters. The number of rotatable bonds is 4. The lowest BCUT2D eigenvalue weighted by Crippen LogP contribution is -2.12. The molecule has 0 aliphatic carbocycles. The van der Waals surface area contributed by atoms with Crippen molar-refractivity contribution in [3.05, 3.63) is 90.8 Å². The Kier molecular flexibility index (Phi) is 4.87. The van der Waals surface area contributed by atoms with Crippen molar-refractivity contribution in [2.45, 2.75) is 12.6 Å². The molecule has 186 valence electrons. The van der Waals surface area contributed by atoms with Crippen molar-refractivity contribution in [1.29, 1.82) is 0 Å². The first-order valence-electron chi connectivity index (χ1n) is 12.0. The first-order valence-corrected chi connectivity index (χ1v) is 12.0. The lowest BCUT2D eigenvalue weighted by atomic mass is 10.1. The Bertz CT molecular complexity index is 1950. The van der Waals surface area contributed by atoms with E-state index in [-0.39, 0.29) is 5.82 Å². The maximum Gasteiger partial charge on any atom is 0.396 e. The van der Waals surface area contributed by atoms with E-state index in [0.717, 1.165) is 50.1 Å². The quantitative estimate of drug-likeness (QED) is 0.231. The van der Waals surface area contributed by atoms with Gasteiger partial charge < -0.3 is 15.0 Å².